The molecule has 4 atom stereocenters. The topological polar surface area (TPSA) is 40.5 Å². The molecule has 2 N–H and O–H groups in total. The maximum atomic E-state index is 9.25. The van der Waals surface area contributed by atoms with E-state index in [9.17, 15) is 10.2 Å². The molecule has 2 rings (SSSR count). The van der Waals surface area contributed by atoms with Crippen molar-refractivity contribution in [1.82, 2.24) is 0 Å². The second-order valence-electron chi connectivity index (χ2n) is 3.70. The lowest BCUT2D eigenvalue weighted by Crippen LogP contribution is -2.43. The zero-order valence-corrected chi connectivity index (χ0v) is 6.03. The van der Waals surface area contributed by atoms with Gasteiger partial charge in [-0.3, -0.25) is 0 Å². The van der Waals surface area contributed by atoms with Crippen molar-refractivity contribution in [2.75, 3.05) is 0 Å². The summed E-state index contributed by atoms with van der Waals surface area (Å²) in [6.45, 7) is 0. The summed E-state index contributed by atoms with van der Waals surface area (Å²) in [6, 6.07) is 0. The van der Waals surface area contributed by atoms with Crippen LogP contribution in [0.15, 0.2) is 0 Å². The minimum atomic E-state index is -0.429. The summed E-state index contributed by atoms with van der Waals surface area (Å²) in [5.41, 5.74) is 0. The average Bonchev–Trinajstić information content (AvgIpc) is 1.89. The molecule has 2 aliphatic carbocycles. The highest BCUT2D eigenvalue weighted by Gasteiger charge is 2.40. The van der Waals surface area contributed by atoms with Crippen molar-refractivity contribution in [1.29, 1.82) is 0 Å². The Morgan fingerprint density at radius 1 is 0.800 bits per heavy atom. The van der Waals surface area contributed by atoms with Crippen LogP contribution < -0.4 is 0 Å². The number of fused-ring (bicyclic) bond motifs is 1. The lowest BCUT2D eigenvalue weighted by Gasteiger charge is -2.44. The summed E-state index contributed by atoms with van der Waals surface area (Å²) in [4.78, 5) is 0. The Morgan fingerprint density at radius 3 is 1.50 bits per heavy atom. The largest absolute Gasteiger partial charge is 0.390 e. The van der Waals surface area contributed by atoms with Crippen LogP contribution in [-0.2, 0) is 0 Å². The highest BCUT2D eigenvalue weighted by atomic mass is 16.3. The molecule has 2 fully saturated rings. The predicted molar refractivity (Wildman–Crippen MR) is 37.5 cm³/mol. The Hall–Kier alpha value is -0.0800. The van der Waals surface area contributed by atoms with Crippen LogP contribution in [0, 0.1) is 11.8 Å². The van der Waals surface area contributed by atoms with Gasteiger partial charge in [-0.05, 0) is 37.5 Å². The Labute approximate surface area is 60.9 Å². The van der Waals surface area contributed by atoms with Gasteiger partial charge in [0.1, 0.15) is 0 Å². The first-order valence-corrected chi connectivity index (χ1v) is 4.13. The van der Waals surface area contributed by atoms with Crippen LogP contribution in [0.2, 0.25) is 0 Å². The van der Waals surface area contributed by atoms with Crippen molar-refractivity contribution >= 4 is 0 Å². The third-order valence-electron chi connectivity index (χ3n) is 3.11. The van der Waals surface area contributed by atoms with Crippen molar-refractivity contribution in [3.8, 4) is 0 Å². The first kappa shape index (κ1) is 6.62. The molecule has 10 heavy (non-hydrogen) atoms. The maximum absolute atomic E-state index is 9.25. The summed E-state index contributed by atoms with van der Waals surface area (Å²) in [5, 5.41) is 18.5. The zero-order valence-electron chi connectivity index (χ0n) is 6.03. The van der Waals surface area contributed by atoms with Crippen LogP contribution in [0.3, 0.4) is 0 Å². The van der Waals surface area contributed by atoms with Crippen LogP contribution in [-0.4, -0.2) is 22.4 Å². The normalized spacial score (nSPS) is 53.4. The van der Waals surface area contributed by atoms with Crippen molar-refractivity contribution in [3.63, 3.8) is 0 Å². The highest BCUT2D eigenvalue weighted by molar-refractivity contribution is 4.91. The standard InChI is InChI=1S/C8H14O2/c9-7-3-5-1-2-6(5)4-8(7)10/h5-10H,1-4H2/t5-,6-,7-,8+/m1/s1. The third kappa shape index (κ3) is 0.867. The molecule has 0 heterocycles. The second kappa shape index (κ2) is 2.21. The maximum Gasteiger partial charge on any atom is 0.0802 e. The lowest BCUT2D eigenvalue weighted by atomic mass is 9.64. The minimum Gasteiger partial charge on any atom is -0.390 e. The highest BCUT2D eigenvalue weighted by Crippen LogP contribution is 2.44. The number of aliphatic hydroxyl groups is 2. The first-order valence-electron chi connectivity index (χ1n) is 4.13. The molecule has 2 aliphatic rings. The minimum absolute atomic E-state index is 0.429. The summed E-state index contributed by atoms with van der Waals surface area (Å²) in [5.74, 6) is 1.47. The van der Waals surface area contributed by atoms with Gasteiger partial charge in [0, 0.05) is 0 Å². The van der Waals surface area contributed by atoms with Gasteiger partial charge in [0.2, 0.25) is 0 Å². The van der Waals surface area contributed by atoms with E-state index in [4.69, 9.17) is 0 Å². The molecular formula is C8H14O2. The van der Waals surface area contributed by atoms with E-state index in [1.54, 1.807) is 0 Å². The first-order chi connectivity index (χ1) is 4.77. The fraction of sp³-hybridized carbons (Fsp3) is 1.00. The molecule has 0 unspecified atom stereocenters. The Balaban J connectivity index is 1.96. The number of hydrogen-bond acceptors (Lipinski definition) is 2. The molecule has 2 saturated carbocycles. The lowest BCUT2D eigenvalue weighted by molar-refractivity contribution is -0.0750. The van der Waals surface area contributed by atoms with E-state index in [0.29, 0.717) is 0 Å². The fourth-order valence-corrected chi connectivity index (χ4v) is 2.19. The van der Waals surface area contributed by atoms with Crippen LogP contribution in [0.1, 0.15) is 25.7 Å². The van der Waals surface area contributed by atoms with Crippen LogP contribution in [0.4, 0.5) is 0 Å². The van der Waals surface area contributed by atoms with Gasteiger partial charge in [-0.2, -0.15) is 0 Å². The van der Waals surface area contributed by atoms with E-state index in [1.165, 1.54) is 12.8 Å². The van der Waals surface area contributed by atoms with Gasteiger partial charge in [0.15, 0.2) is 0 Å². The van der Waals surface area contributed by atoms with E-state index in [1.807, 2.05) is 0 Å². The van der Waals surface area contributed by atoms with Crippen molar-refractivity contribution in [2.45, 2.75) is 37.9 Å². The summed E-state index contributed by atoms with van der Waals surface area (Å²) in [7, 11) is 0. The molecule has 0 spiro atoms. The van der Waals surface area contributed by atoms with Crippen molar-refractivity contribution < 1.29 is 10.2 Å². The van der Waals surface area contributed by atoms with E-state index >= 15 is 0 Å². The average molecular weight is 142 g/mol. The van der Waals surface area contributed by atoms with Gasteiger partial charge in [0.25, 0.3) is 0 Å². The third-order valence-corrected chi connectivity index (χ3v) is 3.11. The molecule has 2 heteroatoms. The summed E-state index contributed by atoms with van der Waals surface area (Å²) < 4.78 is 0. The molecule has 0 aromatic rings. The molecule has 0 aromatic carbocycles. The zero-order chi connectivity index (χ0) is 7.14. The van der Waals surface area contributed by atoms with Gasteiger partial charge in [-0.1, -0.05) is 0 Å². The SMILES string of the molecule is O[C@@H]1C[C@H]2CC[C@@H]2C[C@@H]1O. The summed E-state index contributed by atoms with van der Waals surface area (Å²) in [6.07, 6.45) is 3.36. The van der Waals surface area contributed by atoms with Gasteiger partial charge >= 0.3 is 0 Å². The van der Waals surface area contributed by atoms with Gasteiger partial charge in [0.05, 0.1) is 12.2 Å². The van der Waals surface area contributed by atoms with Crippen LogP contribution >= 0.6 is 0 Å². The molecule has 0 aliphatic heterocycles. The van der Waals surface area contributed by atoms with Gasteiger partial charge in [-0.25, -0.2) is 0 Å². The van der Waals surface area contributed by atoms with Crippen LogP contribution in [0.5, 0.6) is 0 Å². The van der Waals surface area contributed by atoms with E-state index in [-0.39, 0.29) is 0 Å². The summed E-state index contributed by atoms with van der Waals surface area (Å²) >= 11 is 0. The monoisotopic (exact) mass is 142 g/mol. The quantitative estimate of drug-likeness (QED) is 0.518. The molecule has 0 radical (unpaired) electrons. The fourth-order valence-electron chi connectivity index (χ4n) is 2.19. The van der Waals surface area contributed by atoms with Gasteiger partial charge < -0.3 is 10.2 Å². The predicted octanol–water partition coefficient (Wildman–Crippen LogP) is 0.528. The molecule has 0 amide bonds. The molecule has 58 valence electrons. The smallest absolute Gasteiger partial charge is 0.0802 e. The molecule has 2 nitrogen and oxygen atoms in total. The molecule has 0 aromatic heterocycles. The van der Waals surface area contributed by atoms with Gasteiger partial charge in [-0.15, -0.1) is 0 Å². The Kier molecular flexibility index (Phi) is 1.46. The Bertz CT molecular complexity index is 115. The van der Waals surface area contributed by atoms with E-state index < -0.39 is 12.2 Å². The van der Waals surface area contributed by atoms with Crippen molar-refractivity contribution in [2.24, 2.45) is 11.8 Å². The second-order valence-corrected chi connectivity index (χ2v) is 3.70. The van der Waals surface area contributed by atoms with E-state index in [2.05, 4.69) is 0 Å². The number of aliphatic hydroxyl groups excluding tert-OH is 2. The van der Waals surface area contributed by atoms with E-state index in [0.717, 1.165) is 24.7 Å². The number of hydrogen-bond donors (Lipinski definition) is 2. The molecular weight excluding hydrogens is 128 g/mol. The molecule has 0 saturated heterocycles. The van der Waals surface area contributed by atoms with Crippen LogP contribution in [0.25, 0.3) is 0 Å². The van der Waals surface area contributed by atoms with Crippen molar-refractivity contribution in [3.05, 3.63) is 0 Å². The Morgan fingerprint density at radius 2 is 1.20 bits per heavy atom. The number of rotatable bonds is 0. The molecule has 0 bridgehead atoms.